The SMILES string of the molecule is O=C(NOCCOc1ccc(F)cn1)c1cnn2ccc(N3CCCC3)nc12. The second kappa shape index (κ2) is 8.17. The van der Waals surface area contributed by atoms with Crippen LogP contribution >= 0.6 is 0 Å². The van der Waals surface area contributed by atoms with Crippen molar-refractivity contribution >= 4 is 17.4 Å². The maximum Gasteiger partial charge on any atom is 0.280 e. The molecule has 0 spiro atoms. The van der Waals surface area contributed by atoms with Crippen LogP contribution in [0.15, 0.2) is 36.8 Å². The first kappa shape index (κ1) is 18.1. The highest BCUT2D eigenvalue weighted by atomic mass is 19.1. The molecule has 0 unspecified atom stereocenters. The zero-order chi connectivity index (χ0) is 19.3. The van der Waals surface area contributed by atoms with Gasteiger partial charge < -0.3 is 9.64 Å². The van der Waals surface area contributed by atoms with Gasteiger partial charge in [0.15, 0.2) is 5.65 Å². The summed E-state index contributed by atoms with van der Waals surface area (Å²) in [7, 11) is 0. The van der Waals surface area contributed by atoms with Crippen molar-refractivity contribution < 1.29 is 18.8 Å². The number of halogens is 1. The molecule has 1 saturated heterocycles. The molecule has 3 aromatic heterocycles. The van der Waals surface area contributed by atoms with Crippen LogP contribution < -0.4 is 15.1 Å². The summed E-state index contributed by atoms with van der Waals surface area (Å²) in [6.45, 7) is 2.16. The number of hydrogen-bond donors (Lipinski definition) is 1. The van der Waals surface area contributed by atoms with Gasteiger partial charge in [-0.3, -0.25) is 9.63 Å². The van der Waals surface area contributed by atoms with Crippen molar-refractivity contribution in [3.63, 3.8) is 0 Å². The standard InChI is InChI=1S/C18H19FN6O3/c19-13-3-4-16(20-11-13)27-9-10-28-23-18(26)14-12-21-25-8-5-15(22-17(14)25)24-6-1-2-7-24/h3-5,8,11-12H,1-2,6-7,9-10H2,(H,23,26). The fourth-order valence-corrected chi connectivity index (χ4v) is 2.95. The van der Waals surface area contributed by atoms with Gasteiger partial charge in [0, 0.05) is 25.4 Å². The highest BCUT2D eigenvalue weighted by molar-refractivity contribution is 5.99. The van der Waals surface area contributed by atoms with Crippen LogP contribution in [0.1, 0.15) is 23.2 Å². The van der Waals surface area contributed by atoms with Crippen LogP contribution in [0, 0.1) is 5.82 Å². The fourth-order valence-electron chi connectivity index (χ4n) is 2.95. The smallest absolute Gasteiger partial charge is 0.280 e. The minimum atomic E-state index is -0.444. The van der Waals surface area contributed by atoms with Crippen LogP contribution in [0.2, 0.25) is 0 Å². The minimum absolute atomic E-state index is 0.0937. The topological polar surface area (TPSA) is 93.9 Å². The molecule has 1 aliphatic rings. The Kier molecular flexibility index (Phi) is 5.29. The molecule has 1 N–H and O–H groups in total. The van der Waals surface area contributed by atoms with Crippen LogP contribution in [0.4, 0.5) is 10.2 Å². The van der Waals surface area contributed by atoms with Gasteiger partial charge in [-0.2, -0.15) is 5.10 Å². The lowest BCUT2D eigenvalue weighted by Gasteiger charge is -2.16. The molecule has 3 aromatic rings. The number of pyridine rings is 1. The summed E-state index contributed by atoms with van der Waals surface area (Å²) in [6.07, 6.45) is 6.59. The number of carbonyl (C=O) groups excluding carboxylic acids is 1. The van der Waals surface area contributed by atoms with E-state index in [2.05, 4.69) is 25.4 Å². The molecule has 0 aliphatic carbocycles. The first-order valence-electron chi connectivity index (χ1n) is 8.96. The number of nitrogens with zero attached hydrogens (tertiary/aromatic N) is 5. The highest BCUT2D eigenvalue weighted by Crippen LogP contribution is 2.19. The number of ether oxygens (including phenoxy) is 1. The molecule has 1 amide bonds. The number of carbonyl (C=O) groups is 1. The average Bonchev–Trinajstić information content (AvgIpc) is 3.38. The Balaban J connectivity index is 1.32. The molecule has 4 heterocycles. The third-order valence-electron chi connectivity index (χ3n) is 4.33. The summed E-state index contributed by atoms with van der Waals surface area (Å²) >= 11 is 0. The third-order valence-corrected chi connectivity index (χ3v) is 4.33. The maximum absolute atomic E-state index is 12.8. The summed E-state index contributed by atoms with van der Waals surface area (Å²) < 4.78 is 19.6. The lowest BCUT2D eigenvalue weighted by atomic mass is 10.3. The van der Waals surface area contributed by atoms with Crippen molar-refractivity contribution in [2.45, 2.75) is 12.8 Å². The molecule has 1 aliphatic heterocycles. The molecule has 0 radical (unpaired) electrons. The van der Waals surface area contributed by atoms with Crippen molar-refractivity contribution in [1.29, 1.82) is 0 Å². The van der Waals surface area contributed by atoms with E-state index in [0.29, 0.717) is 11.2 Å². The van der Waals surface area contributed by atoms with E-state index in [1.807, 2.05) is 6.07 Å². The lowest BCUT2D eigenvalue weighted by molar-refractivity contribution is 0.0196. The summed E-state index contributed by atoms with van der Waals surface area (Å²) in [5.74, 6) is 0.227. The largest absolute Gasteiger partial charge is 0.475 e. The van der Waals surface area contributed by atoms with Crippen molar-refractivity contribution in [1.82, 2.24) is 25.1 Å². The van der Waals surface area contributed by atoms with Gasteiger partial charge in [0.25, 0.3) is 5.91 Å². The number of hydroxylamine groups is 1. The maximum atomic E-state index is 12.8. The van der Waals surface area contributed by atoms with Crippen molar-refractivity contribution in [3.05, 3.63) is 48.2 Å². The Morgan fingerprint density at radius 1 is 1.18 bits per heavy atom. The lowest BCUT2D eigenvalue weighted by Crippen LogP contribution is -2.26. The van der Waals surface area contributed by atoms with E-state index in [1.54, 1.807) is 10.7 Å². The normalized spacial score (nSPS) is 13.8. The highest BCUT2D eigenvalue weighted by Gasteiger charge is 2.18. The molecule has 28 heavy (non-hydrogen) atoms. The molecular weight excluding hydrogens is 367 g/mol. The summed E-state index contributed by atoms with van der Waals surface area (Å²) in [5, 5.41) is 4.15. The summed E-state index contributed by atoms with van der Waals surface area (Å²) in [6, 6.07) is 4.56. The van der Waals surface area contributed by atoms with E-state index in [1.165, 1.54) is 18.3 Å². The molecule has 0 bridgehead atoms. The average molecular weight is 386 g/mol. The quantitative estimate of drug-likeness (QED) is 0.487. The Morgan fingerprint density at radius 3 is 2.82 bits per heavy atom. The second-order valence-corrected chi connectivity index (χ2v) is 6.25. The van der Waals surface area contributed by atoms with Crippen LogP contribution in [0.3, 0.4) is 0 Å². The Bertz CT molecular complexity index is 956. The second-order valence-electron chi connectivity index (χ2n) is 6.25. The van der Waals surface area contributed by atoms with Crippen LogP contribution in [-0.2, 0) is 4.84 Å². The van der Waals surface area contributed by atoms with Crippen LogP contribution in [-0.4, -0.2) is 51.8 Å². The van der Waals surface area contributed by atoms with E-state index in [9.17, 15) is 9.18 Å². The molecule has 9 nitrogen and oxygen atoms in total. The van der Waals surface area contributed by atoms with E-state index >= 15 is 0 Å². The summed E-state index contributed by atoms with van der Waals surface area (Å²) in [4.78, 5) is 28.1. The number of fused-ring (bicyclic) bond motifs is 1. The van der Waals surface area contributed by atoms with E-state index in [-0.39, 0.29) is 19.1 Å². The first-order chi connectivity index (χ1) is 13.7. The zero-order valence-corrected chi connectivity index (χ0v) is 15.0. The van der Waals surface area contributed by atoms with Crippen molar-refractivity contribution in [3.8, 4) is 5.88 Å². The predicted molar refractivity (Wildman–Crippen MR) is 97.5 cm³/mol. The number of aromatic nitrogens is 4. The fraction of sp³-hybridized carbons (Fsp3) is 0.333. The van der Waals surface area contributed by atoms with Gasteiger partial charge in [0.2, 0.25) is 5.88 Å². The van der Waals surface area contributed by atoms with Crippen molar-refractivity contribution in [2.75, 3.05) is 31.2 Å². The Morgan fingerprint density at radius 2 is 2.04 bits per heavy atom. The monoisotopic (exact) mass is 386 g/mol. The number of hydrogen-bond acceptors (Lipinski definition) is 7. The number of rotatable bonds is 7. The summed E-state index contributed by atoms with van der Waals surface area (Å²) in [5.41, 5.74) is 3.15. The third kappa shape index (κ3) is 4.01. The minimum Gasteiger partial charge on any atom is -0.475 e. The van der Waals surface area contributed by atoms with Gasteiger partial charge in [0.05, 0.1) is 12.4 Å². The molecule has 146 valence electrons. The molecule has 0 saturated carbocycles. The van der Waals surface area contributed by atoms with E-state index in [4.69, 9.17) is 9.57 Å². The zero-order valence-electron chi connectivity index (χ0n) is 15.0. The van der Waals surface area contributed by atoms with Crippen LogP contribution in [0.5, 0.6) is 5.88 Å². The first-order valence-corrected chi connectivity index (χ1v) is 8.96. The Hall–Kier alpha value is -3.27. The molecule has 1 fully saturated rings. The number of anilines is 1. The van der Waals surface area contributed by atoms with Gasteiger partial charge >= 0.3 is 0 Å². The van der Waals surface area contributed by atoms with Gasteiger partial charge in [-0.1, -0.05) is 0 Å². The van der Waals surface area contributed by atoms with Crippen molar-refractivity contribution in [2.24, 2.45) is 0 Å². The van der Waals surface area contributed by atoms with E-state index < -0.39 is 11.7 Å². The van der Waals surface area contributed by atoms with Crippen LogP contribution in [0.25, 0.3) is 5.65 Å². The number of amides is 1. The molecule has 0 atom stereocenters. The van der Waals surface area contributed by atoms with Gasteiger partial charge in [-0.05, 0) is 25.0 Å². The number of nitrogens with one attached hydrogen (secondary N) is 1. The molecule has 10 heteroatoms. The Labute approximate surface area is 160 Å². The van der Waals surface area contributed by atoms with E-state index in [0.717, 1.165) is 37.9 Å². The van der Waals surface area contributed by atoms with Gasteiger partial charge in [-0.15, -0.1) is 0 Å². The predicted octanol–water partition coefficient (Wildman–Crippen LogP) is 1.60. The molecule has 4 rings (SSSR count). The van der Waals surface area contributed by atoms with Gasteiger partial charge in [0.1, 0.15) is 30.4 Å². The molecule has 0 aromatic carbocycles. The molecular formula is C18H19FN6O3. The van der Waals surface area contributed by atoms with Gasteiger partial charge in [-0.25, -0.2) is 24.4 Å².